The minimum atomic E-state index is 0.467. The van der Waals surface area contributed by atoms with Crippen molar-refractivity contribution in [3.63, 3.8) is 0 Å². The van der Waals surface area contributed by atoms with Crippen molar-refractivity contribution in [3.8, 4) is 0 Å². The molecule has 0 radical (unpaired) electrons. The third kappa shape index (κ3) is 5.56. The highest BCUT2D eigenvalue weighted by molar-refractivity contribution is 6.30. The normalized spacial score (nSPS) is 12.6. The van der Waals surface area contributed by atoms with E-state index in [1.165, 1.54) is 31.2 Å². The standard InChI is InChI=1S/C15H24ClN/c1-3-5-6-7-12-17-15(4-2)13-8-10-14(16)11-9-13/h8-11,15,17H,3-7,12H2,1-2H3. The Morgan fingerprint density at radius 2 is 1.76 bits per heavy atom. The van der Waals surface area contributed by atoms with Gasteiger partial charge in [-0.15, -0.1) is 0 Å². The van der Waals surface area contributed by atoms with Crippen molar-refractivity contribution in [2.45, 2.75) is 52.0 Å². The van der Waals surface area contributed by atoms with Crippen molar-refractivity contribution in [2.24, 2.45) is 0 Å². The number of nitrogens with one attached hydrogen (secondary N) is 1. The van der Waals surface area contributed by atoms with Crippen LogP contribution >= 0.6 is 11.6 Å². The lowest BCUT2D eigenvalue weighted by Crippen LogP contribution is -2.21. The zero-order valence-electron chi connectivity index (χ0n) is 11.0. The average Bonchev–Trinajstić information content (AvgIpc) is 2.35. The van der Waals surface area contributed by atoms with Crippen molar-refractivity contribution in [1.29, 1.82) is 0 Å². The van der Waals surface area contributed by atoms with Crippen molar-refractivity contribution in [3.05, 3.63) is 34.9 Å². The molecule has 1 aromatic rings. The van der Waals surface area contributed by atoms with Crippen LogP contribution in [0.15, 0.2) is 24.3 Å². The minimum absolute atomic E-state index is 0.467. The number of hydrogen-bond acceptors (Lipinski definition) is 1. The largest absolute Gasteiger partial charge is 0.310 e. The monoisotopic (exact) mass is 253 g/mol. The Morgan fingerprint density at radius 1 is 1.06 bits per heavy atom. The van der Waals surface area contributed by atoms with E-state index in [0.29, 0.717) is 6.04 Å². The fraction of sp³-hybridized carbons (Fsp3) is 0.600. The molecule has 1 aromatic carbocycles. The minimum Gasteiger partial charge on any atom is -0.310 e. The van der Waals surface area contributed by atoms with Gasteiger partial charge in [-0.1, -0.05) is 56.8 Å². The SMILES string of the molecule is CCCCCCNC(CC)c1ccc(Cl)cc1. The molecule has 0 aliphatic rings. The van der Waals surface area contributed by atoms with E-state index in [4.69, 9.17) is 11.6 Å². The van der Waals surface area contributed by atoms with Crippen LogP contribution in [-0.2, 0) is 0 Å². The van der Waals surface area contributed by atoms with Gasteiger partial charge < -0.3 is 5.32 Å². The summed E-state index contributed by atoms with van der Waals surface area (Å²) in [5.74, 6) is 0. The molecule has 1 nitrogen and oxygen atoms in total. The molecule has 0 heterocycles. The quantitative estimate of drug-likeness (QED) is 0.646. The zero-order valence-corrected chi connectivity index (χ0v) is 11.8. The van der Waals surface area contributed by atoms with Crippen LogP contribution in [0.3, 0.4) is 0 Å². The molecule has 0 saturated heterocycles. The summed E-state index contributed by atoms with van der Waals surface area (Å²) in [7, 11) is 0. The first-order valence-electron chi connectivity index (χ1n) is 6.76. The summed E-state index contributed by atoms with van der Waals surface area (Å²) in [6.45, 7) is 5.58. The van der Waals surface area contributed by atoms with E-state index in [-0.39, 0.29) is 0 Å². The van der Waals surface area contributed by atoms with Crippen molar-refractivity contribution >= 4 is 11.6 Å². The first-order chi connectivity index (χ1) is 8.27. The second kappa shape index (κ2) is 8.54. The molecule has 0 aromatic heterocycles. The highest BCUT2D eigenvalue weighted by Crippen LogP contribution is 2.19. The molecule has 0 fully saturated rings. The Balaban J connectivity index is 2.35. The molecule has 0 bridgehead atoms. The molecule has 0 amide bonds. The summed E-state index contributed by atoms with van der Waals surface area (Å²) < 4.78 is 0. The fourth-order valence-electron chi connectivity index (χ4n) is 2.02. The lowest BCUT2D eigenvalue weighted by molar-refractivity contribution is 0.497. The molecular formula is C15H24ClN. The van der Waals surface area contributed by atoms with Crippen LogP contribution < -0.4 is 5.32 Å². The van der Waals surface area contributed by atoms with E-state index < -0.39 is 0 Å². The van der Waals surface area contributed by atoms with E-state index in [1.807, 2.05) is 12.1 Å². The highest BCUT2D eigenvalue weighted by Gasteiger charge is 2.07. The number of benzene rings is 1. The third-order valence-electron chi connectivity index (χ3n) is 3.10. The smallest absolute Gasteiger partial charge is 0.0406 e. The second-order valence-corrected chi connectivity index (χ2v) is 4.96. The molecular weight excluding hydrogens is 230 g/mol. The van der Waals surface area contributed by atoms with Gasteiger partial charge in [-0.3, -0.25) is 0 Å². The van der Waals surface area contributed by atoms with Crippen LogP contribution in [0.5, 0.6) is 0 Å². The van der Waals surface area contributed by atoms with Crippen LogP contribution in [0, 0.1) is 0 Å². The van der Waals surface area contributed by atoms with Gasteiger partial charge in [0.05, 0.1) is 0 Å². The van der Waals surface area contributed by atoms with Gasteiger partial charge >= 0.3 is 0 Å². The van der Waals surface area contributed by atoms with Gasteiger partial charge in [0, 0.05) is 11.1 Å². The summed E-state index contributed by atoms with van der Waals surface area (Å²) in [5, 5.41) is 4.43. The van der Waals surface area contributed by atoms with Crippen LogP contribution in [0.2, 0.25) is 5.02 Å². The van der Waals surface area contributed by atoms with Gasteiger partial charge in [-0.25, -0.2) is 0 Å². The van der Waals surface area contributed by atoms with E-state index in [0.717, 1.165) is 18.0 Å². The van der Waals surface area contributed by atoms with Crippen molar-refractivity contribution in [1.82, 2.24) is 5.32 Å². The second-order valence-electron chi connectivity index (χ2n) is 4.53. The topological polar surface area (TPSA) is 12.0 Å². The van der Waals surface area contributed by atoms with E-state index >= 15 is 0 Å². The van der Waals surface area contributed by atoms with Crippen LogP contribution in [-0.4, -0.2) is 6.54 Å². The zero-order chi connectivity index (χ0) is 12.5. The lowest BCUT2D eigenvalue weighted by atomic mass is 10.0. The summed E-state index contributed by atoms with van der Waals surface area (Å²) >= 11 is 5.90. The van der Waals surface area contributed by atoms with Gasteiger partial charge in [-0.05, 0) is 37.1 Å². The Hall–Kier alpha value is -0.530. The maximum Gasteiger partial charge on any atom is 0.0406 e. The summed E-state index contributed by atoms with van der Waals surface area (Å²) in [6.07, 6.45) is 6.38. The molecule has 1 atom stereocenters. The Labute approximate surface area is 111 Å². The summed E-state index contributed by atoms with van der Waals surface area (Å²) in [5.41, 5.74) is 1.34. The molecule has 0 aliphatic heterocycles. The average molecular weight is 254 g/mol. The fourth-order valence-corrected chi connectivity index (χ4v) is 2.15. The summed E-state index contributed by atoms with van der Waals surface area (Å²) in [4.78, 5) is 0. The van der Waals surface area contributed by atoms with Gasteiger partial charge in [0.25, 0.3) is 0 Å². The van der Waals surface area contributed by atoms with Crippen LogP contribution in [0.1, 0.15) is 57.6 Å². The Morgan fingerprint density at radius 3 is 2.35 bits per heavy atom. The third-order valence-corrected chi connectivity index (χ3v) is 3.35. The molecule has 1 rings (SSSR count). The molecule has 2 heteroatoms. The number of hydrogen-bond donors (Lipinski definition) is 1. The Bertz CT molecular complexity index is 294. The van der Waals surface area contributed by atoms with Crippen molar-refractivity contribution < 1.29 is 0 Å². The van der Waals surface area contributed by atoms with E-state index in [2.05, 4.69) is 31.3 Å². The predicted molar refractivity (Wildman–Crippen MR) is 76.6 cm³/mol. The van der Waals surface area contributed by atoms with Gasteiger partial charge in [0.15, 0.2) is 0 Å². The first-order valence-corrected chi connectivity index (χ1v) is 7.14. The summed E-state index contributed by atoms with van der Waals surface area (Å²) in [6, 6.07) is 8.65. The number of rotatable bonds is 8. The van der Waals surface area contributed by atoms with Gasteiger partial charge in [-0.2, -0.15) is 0 Å². The molecule has 96 valence electrons. The maximum atomic E-state index is 5.90. The van der Waals surface area contributed by atoms with Crippen LogP contribution in [0.25, 0.3) is 0 Å². The molecule has 1 unspecified atom stereocenters. The molecule has 0 saturated carbocycles. The van der Waals surface area contributed by atoms with Crippen molar-refractivity contribution in [2.75, 3.05) is 6.54 Å². The van der Waals surface area contributed by atoms with Gasteiger partial charge in [0.2, 0.25) is 0 Å². The molecule has 0 spiro atoms. The first kappa shape index (κ1) is 14.5. The van der Waals surface area contributed by atoms with Gasteiger partial charge in [0.1, 0.15) is 0 Å². The molecule has 17 heavy (non-hydrogen) atoms. The van der Waals surface area contributed by atoms with E-state index in [1.54, 1.807) is 0 Å². The predicted octanol–water partition coefficient (Wildman–Crippen LogP) is 4.96. The van der Waals surface area contributed by atoms with E-state index in [9.17, 15) is 0 Å². The molecule has 0 aliphatic carbocycles. The number of halogens is 1. The molecule has 1 N–H and O–H groups in total. The lowest BCUT2D eigenvalue weighted by Gasteiger charge is -2.17. The Kier molecular flexibility index (Phi) is 7.30. The highest BCUT2D eigenvalue weighted by atomic mass is 35.5. The maximum absolute atomic E-state index is 5.90. The number of unbranched alkanes of at least 4 members (excludes halogenated alkanes) is 3. The van der Waals surface area contributed by atoms with Crippen LogP contribution in [0.4, 0.5) is 0 Å².